The second-order valence-corrected chi connectivity index (χ2v) is 6.05. The number of hydrogen-bond acceptors (Lipinski definition) is 4. The molecule has 0 atom stereocenters. The SMILES string of the molecule is O=C(NCc1cccc(C(F)(F)F)c1)c1nnn2c1c(=O)[nH]c1ccccc12. The van der Waals surface area contributed by atoms with Crippen molar-refractivity contribution in [2.75, 3.05) is 0 Å². The Morgan fingerprint density at radius 1 is 1.14 bits per heavy atom. The van der Waals surface area contributed by atoms with Crippen LogP contribution in [0.1, 0.15) is 21.6 Å². The third-order valence-electron chi connectivity index (χ3n) is 4.19. The van der Waals surface area contributed by atoms with E-state index >= 15 is 0 Å². The van der Waals surface area contributed by atoms with E-state index in [2.05, 4.69) is 20.6 Å². The number of H-pyrrole nitrogens is 1. The van der Waals surface area contributed by atoms with Gasteiger partial charge in [-0.05, 0) is 29.8 Å². The van der Waals surface area contributed by atoms with Crippen molar-refractivity contribution < 1.29 is 18.0 Å². The van der Waals surface area contributed by atoms with Crippen molar-refractivity contribution in [3.05, 3.63) is 75.7 Å². The number of benzene rings is 2. The zero-order chi connectivity index (χ0) is 19.9. The molecule has 2 aromatic carbocycles. The summed E-state index contributed by atoms with van der Waals surface area (Å²) in [6.07, 6.45) is -4.47. The van der Waals surface area contributed by atoms with Gasteiger partial charge in [0.15, 0.2) is 11.2 Å². The molecule has 2 N–H and O–H groups in total. The standard InChI is InChI=1S/C18H12F3N5O2/c19-18(20,21)11-5-3-4-10(8-11)9-22-16(27)14-15-17(28)23-12-6-1-2-7-13(12)26(15)25-24-14/h1-8H,9H2,(H,22,27)(H,23,28). The highest BCUT2D eigenvalue weighted by Crippen LogP contribution is 2.29. The molecule has 1 amide bonds. The first-order valence-electron chi connectivity index (χ1n) is 8.15. The van der Waals surface area contributed by atoms with E-state index in [4.69, 9.17) is 0 Å². The van der Waals surface area contributed by atoms with Crippen LogP contribution in [0.25, 0.3) is 16.6 Å². The molecular formula is C18H12F3N5O2. The van der Waals surface area contributed by atoms with Crippen LogP contribution in [-0.2, 0) is 12.7 Å². The van der Waals surface area contributed by atoms with Crippen LogP contribution < -0.4 is 10.9 Å². The van der Waals surface area contributed by atoms with Crippen LogP contribution >= 0.6 is 0 Å². The van der Waals surface area contributed by atoms with Gasteiger partial charge in [-0.2, -0.15) is 13.2 Å². The van der Waals surface area contributed by atoms with E-state index in [1.54, 1.807) is 24.3 Å². The topological polar surface area (TPSA) is 92.2 Å². The summed E-state index contributed by atoms with van der Waals surface area (Å²) in [5, 5.41) is 10.1. The van der Waals surface area contributed by atoms with Gasteiger partial charge in [-0.3, -0.25) is 9.59 Å². The average Bonchev–Trinajstić information content (AvgIpc) is 3.12. The highest BCUT2D eigenvalue weighted by atomic mass is 19.4. The molecule has 28 heavy (non-hydrogen) atoms. The van der Waals surface area contributed by atoms with Gasteiger partial charge in [-0.25, -0.2) is 4.52 Å². The maximum Gasteiger partial charge on any atom is 0.416 e. The minimum absolute atomic E-state index is 0.0414. The molecule has 0 saturated carbocycles. The quantitative estimate of drug-likeness (QED) is 0.565. The molecule has 0 aliphatic carbocycles. The molecule has 0 bridgehead atoms. The van der Waals surface area contributed by atoms with Crippen molar-refractivity contribution in [2.24, 2.45) is 0 Å². The molecule has 0 saturated heterocycles. The number of rotatable bonds is 3. The third-order valence-corrected chi connectivity index (χ3v) is 4.19. The molecule has 2 aromatic heterocycles. The molecule has 0 radical (unpaired) electrons. The summed E-state index contributed by atoms with van der Waals surface area (Å²) < 4.78 is 39.6. The number of alkyl halides is 3. The first-order chi connectivity index (χ1) is 13.3. The van der Waals surface area contributed by atoms with Crippen LogP contribution in [0.4, 0.5) is 13.2 Å². The Morgan fingerprint density at radius 2 is 1.93 bits per heavy atom. The van der Waals surface area contributed by atoms with E-state index in [0.29, 0.717) is 11.0 Å². The number of aromatic nitrogens is 4. The van der Waals surface area contributed by atoms with E-state index in [0.717, 1.165) is 12.1 Å². The molecule has 2 heterocycles. The molecule has 0 unspecified atom stereocenters. The van der Waals surface area contributed by atoms with Gasteiger partial charge in [0.05, 0.1) is 16.6 Å². The van der Waals surface area contributed by atoms with Gasteiger partial charge in [0.2, 0.25) is 0 Å². The summed E-state index contributed by atoms with van der Waals surface area (Å²) in [6.45, 7) is -0.159. The lowest BCUT2D eigenvalue weighted by Gasteiger charge is -2.09. The lowest BCUT2D eigenvalue weighted by atomic mass is 10.1. The van der Waals surface area contributed by atoms with E-state index in [-0.39, 0.29) is 23.3 Å². The summed E-state index contributed by atoms with van der Waals surface area (Å²) in [5.74, 6) is -0.715. The highest BCUT2D eigenvalue weighted by molar-refractivity contribution is 5.99. The van der Waals surface area contributed by atoms with Gasteiger partial charge in [0, 0.05) is 6.54 Å². The van der Waals surface area contributed by atoms with Crippen molar-refractivity contribution in [1.82, 2.24) is 25.1 Å². The van der Waals surface area contributed by atoms with Gasteiger partial charge in [0.25, 0.3) is 11.5 Å². The van der Waals surface area contributed by atoms with E-state index in [1.807, 2.05) is 0 Å². The number of nitrogens with one attached hydrogen (secondary N) is 2. The van der Waals surface area contributed by atoms with Crippen LogP contribution in [0.5, 0.6) is 0 Å². The smallest absolute Gasteiger partial charge is 0.346 e. The van der Waals surface area contributed by atoms with Crippen LogP contribution in [0, 0.1) is 0 Å². The number of nitrogens with zero attached hydrogens (tertiary/aromatic N) is 3. The molecule has 4 rings (SSSR count). The Labute approximate surface area is 154 Å². The Balaban J connectivity index is 1.64. The van der Waals surface area contributed by atoms with Crippen molar-refractivity contribution in [1.29, 1.82) is 0 Å². The fourth-order valence-corrected chi connectivity index (χ4v) is 2.88. The number of para-hydroxylation sites is 2. The van der Waals surface area contributed by atoms with Gasteiger partial charge in [-0.1, -0.05) is 29.5 Å². The molecule has 0 spiro atoms. The summed E-state index contributed by atoms with van der Waals surface area (Å²) in [5.41, 5.74) is -0.259. The zero-order valence-electron chi connectivity index (χ0n) is 14.1. The molecule has 7 nitrogen and oxygen atoms in total. The Morgan fingerprint density at radius 3 is 2.71 bits per heavy atom. The van der Waals surface area contributed by atoms with Gasteiger partial charge >= 0.3 is 6.18 Å². The Hall–Kier alpha value is -3.69. The number of amides is 1. The third kappa shape index (κ3) is 3.08. The minimum atomic E-state index is -4.47. The average molecular weight is 387 g/mol. The molecule has 0 aliphatic heterocycles. The first kappa shape index (κ1) is 17.7. The first-order valence-corrected chi connectivity index (χ1v) is 8.15. The van der Waals surface area contributed by atoms with Gasteiger partial charge in [0.1, 0.15) is 0 Å². The number of halogens is 3. The lowest BCUT2D eigenvalue weighted by molar-refractivity contribution is -0.137. The predicted octanol–water partition coefficient (Wildman–Crippen LogP) is 2.52. The predicted molar refractivity (Wildman–Crippen MR) is 93.7 cm³/mol. The fraction of sp³-hybridized carbons (Fsp3) is 0.111. The van der Waals surface area contributed by atoms with Crippen LogP contribution in [0.2, 0.25) is 0 Å². The van der Waals surface area contributed by atoms with Crippen LogP contribution in [0.3, 0.4) is 0 Å². The minimum Gasteiger partial charge on any atom is -0.346 e. The monoisotopic (exact) mass is 387 g/mol. The van der Waals surface area contributed by atoms with Gasteiger partial charge < -0.3 is 10.3 Å². The normalized spacial score (nSPS) is 11.8. The Bertz CT molecular complexity index is 1260. The summed E-state index contributed by atoms with van der Waals surface area (Å²) >= 11 is 0. The van der Waals surface area contributed by atoms with Crippen molar-refractivity contribution in [2.45, 2.75) is 12.7 Å². The van der Waals surface area contributed by atoms with E-state index in [1.165, 1.54) is 16.6 Å². The number of hydrogen-bond donors (Lipinski definition) is 2. The number of carbonyl (C=O) groups is 1. The van der Waals surface area contributed by atoms with Crippen LogP contribution in [0.15, 0.2) is 53.3 Å². The van der Waals surface area contributed by atoms with E-state index < -0.39 is 23.2 Å². The summed E-state index contributed by atoms with van der Waals surface area (Å²) in [7, 11) is 0. The number of aromatic amines is 1. The molecule has 10 heteroatoms. The van der Waals surface area contributed by atoms with E-state index in [9.17, 15) is 22.8 Å². The second kappa shape index (κ2) is 6.48. The van der Waals surface area contributed by atoms with Crippen LogP contribution in [-0.4, -0.2) is 25.7 Å². The summed E-state index contributed by atoms with van der Waals surface area (Å²) in [4.78, 5) is 27.5. The molecule has 4 aromatic rings. The molecule has 0 fully saturated rings. The highest BCUT2D eigenvalue weighted by Gasteiger charge is 2.30. The maximum atomic E-state index is 12.8. The maximum absolute atomic E-state index is 12.8. The fourth-order valence-electron chi connectivity index (χ4n) is 2.88. The number of fused-ring (bicyclic) bond motifs is 3. The number of carbonyl (C=O) groups excluding carboxylic acids is 1. The zero-order valence-corrected chi connectivity index (χ0v) is 14.1. The molecule has 0 aliphatic rings. The van der Waals surface area contributed by atoms with Crippen molar-refractivity contribution in [3.63, 3.8) is 0 Å². The second-order valence-electron chi connectivity index (χ2n) is 6.05. The lowest BCUT2D eigenvalue weighted by Crippen LogP contribution is -2.25. The van der Waals surface area contributed by atoms with Gasteiger partial charge in [-0.15, -0.1) is 5.10 Å². The molecule has 142 valence electrons. The Kier molecular flexibility index (Phi) is 4.10. The van der Waals surface area contributed by atoms with Crippen molar-refractivity contribution >= 4 is 22.5 Å². The summed E-state index contributed by atoms with van der Waals surface area (Å²) in [6, 6.07) is 11.5. The largest absolute Gasteiger partial charge is 0.416 e. The molecular weight excluding hydrogens is 375 g/mol. The van der Waals surface area contributed by atoms with Crippen molar-refractivity contribution in [3.8, 4) is 0 Å².